The van der Waals surface area contributed by atoms with Crippen LogP contribution in [0.15, 0.2) is 18.2 Å². The minimum atomic E-state index is -1.79. The van der Waals surface area contributed by atoms with Crippen LogP contribution in [0.1, 0.15) is 32.6 Å². The summed E-state index contributed by atoms with van der Waals surface area (Å²) < 4.78 is 30.2. The maximum atomic E-state index is 13.1. The molecule has 0 spiro atoms. The fourth-order valence-electron chi connectivity index (χ4n) is 1.18. The van der Waals surface area contributed by atoms with Gasteiger partial charge in [-0.1, -0.05) is 6.07 Å². The summed E-state index contributed by atoms with van der Waals surface area (Å²) in [5.41, 5.74) is -0.699. The summed E-state index contributed by atoms with van der Waals surface area (Å²) in [6.07, 6.45) is -2.48. The molecule has 6 heteroatoms. The number of nitrogens with one attached hydrogen (secondary N) is 1. The van der Waals surface area contributed by atoms with Crippen molar-refractivity contribution in [3.05, 3.63) is 23.9 Å². The van der Waals surface area contributed by atoms with Crippen LogP contribution in [0, 0.1) is 0 Å². The summed E-state index contributed by atoms with van der Waals surface area (Å²) in [7, 11) is 0. The molecule has 1 aromatic heterocycles. The second kappa shape index (κ2) is 5.75. The van der Waals surface area contributed by atoms with Gasteiger partial charge in [-0.05, 0) is 32.9 Å². The molecule has 18 heavy (non-hydrogen) atoms. The molecule has 1 rings (SSSR count). The molecule has 100 valence electrons. The largest absolute Gasteiger partial charge is 0.444 e. The Morgan fingerprint density at radius 1 is 1.50 bits per heavy atom. The van der Waals surface area contributed by atoms with E-state index < -0.39 is 24.5 Å². The van der Waals surface area contributed by atoms with E-state index in [9.17, 15) is 13.6 Å². The molecule has 0 aromatic carbocycles. The quantitative estimate of drug-likeness (QED) is 0.903. The Kier molecular flexibility index (Phi) is 4.58. The lowest BCUT2D eigenvalue weighted by Gasteiger charge is -2.19. The minimum Gasteiger partial charge on any atom is -0.444 e. The van der Waals surface area contributed by atoms with Crippen LogP contribution >= 0.6 is 0 Å². The molecule has 0 saturated heterocycles. The zero-order chi connectivity index (χ0) is 13.8. The van der Waals surface area contributed by atoms with Gasteiger partial charge in [0.1, 0.15) is 18.1 Å². The molecule has 0 radical (unpaired) electrons. The van der Waals surface area contributed by atoms with Crippen LogP contribution in [0.5, 0.6) is 0 Å². The van der Waals surface area contributed by atoms with Crippen molar-refractivity contribution in [2.45, 2.75) is 32.5 Å². The van der Waals surface area contributed by atoms with Gasteiger partial charge < -0.3 is 4.74 Å². The number of amides is 1. The molecule has 1 amide bonds. The van der Waals surface area contributed by atoms with Gasteiger partial charge in [0, 0.05) is 0 Å². The van der Waals surface area contributed by atoms with E-state index in [1.807, 2.05) is 0 Å². The molecule has 0 aliphatic heterocycles. The zero-order valence-electron chi connectivity index (χ0n) is 10.5. The summed E-state index contributed by atoms with van der Waals surface area (Å²) in [5.74, 6) is 0.123. The molecule has 0 fully saturated rings. The normalized spacial score (nSPS) is 12.9. The maximum Gasteiger partial charge on any atom is 0.413 e. The number of nitrogens with zero attached hydrogens (tertiary/aromatic N) is 1. The highest BCUT2D eigenvalue weighted by Crippen LogP contribution is 2.17. The van der Waals surface area contributed by atoms with Crippen molar-refractivity contribution < 1.29 is 18.3 Å². The number of halogens is 2. The van der Waals surface area contributed by atoms with Crippen molar-refractivity contribution in [1.82, 2.24) is 4.98 Å². The lowest BCUT2D eigenvalue weighted by molar-refractivity contribution is 0.0635. The molecule has 1 aromatic rings. The highest BCUT2D eigenvalue weighted by molar-refractivity contribution is 5.83. The van der Waals surface area contributed by atoms with Crippen molar-refractivity contribution in [2.75, 3.05) is 12.0 Å². The van der Waals surface area contributed by atoms with Gasteiger partial charge in [-0.3, -0.25) is 5.32 Å². The van der Waals surface area contributed by atoms with E-state index in [4.69, 9.17) is 4.74 Å². The first kappa shape index (κ1) is 14.3. The number of pyridine rings is 1. The van der Waals surface area contributed by atoms with E-state index in [0.717, 1.165) is 0 Å². The van der Waals surface area contributed by atoms with Crippen LogP contribution in [-0.4, -0.2) is 23.4 Å². The van der Waals surface area contributed by atoms with Gasteiger partial charge in [-0.25, -0.2) is 18.6 Å². The number of carbonyl (C=O) groups excluding carboxylic acids is 1. The molecular weight excluding hydrogens is 242 g/mol. The van der Waals surface area contributed by atoms with E-state index in [1.165, 1.54) is 18.2 Å². The smallest absolute Gasteiger partial charge is 0.413 e. The third-order valence-electron chi connectivity index (χ3n) is 1.86. The average molecular weight is 258 g/mol. The Bertz CT molecular complexity index is 419. The lowest BCUT2D eigenvalue weighted by Crippen LogP contribution is -2.27. The van der Waals surface area contributed by atoms with Crippen molar-refractivity contribution in [2.24, 2.45) is 0 Å². The average Bonchev–Trinajstić information content (AvgIpc) is 2.25. The molecular formula is C12H16F2N2O2. The standard InChI is InChI=1S/C12H16F2N2O2/c1-12(2,3)18-11(17)16-10-6-4-5-9(15-10)8(14)7-13/h4-6,8H,7H2,1-3H3,(H,15,16,17). The Labute approximate surface area is 104 Å². The van der Waals surface area contributed by atoms with Gasteiger partial charge >= 0.3 is 6.09 Å². The fourth-order valence-corrected chi connectivity index (χ4v) is 1.18. The van der Waals surface area contributed by atoms with Gasteiger partial charge in [0.2, 0.25) is 0 Å². The van der Waals surface area contributed by atoms with Crippen molar-refractivity contribution in [3.8, 4) is 0 Å². The van der Waals surface area contributed by atoms with E-state index in [0.29, 0.717) is 0 Å². The first-order valence-electron chi connectivity index (χ1n) is 5.49. The number of ether oxygens (including phenoxy) is 1. The van der Waals surface area contributed by atoms with Gasteiger partial charge in [-0.2, -0.15) is 0 Å². The Morgan fingerprint density at radius 3 is 2.72 bits per heavy atom. The molecule has 0 aliphatic rings. The molecule has 0 aliphatic carbocycles. The summed E-state index contributed by atoms with van der Waals surface area (Å²) in [4.78, 5) is 15.2. The third-order valence-corrected chi connectivity index (χ3v) is 1.86. The Balaban J connectivity index is 2.71. The topological polar surface area (TPSA) is 51.2 Å². The Morgan fingerprint density at radius 2 is 2.17 bits per heavy atom. The number of carbonyl (C=O) groups is 1. The number of hydrogen-bond acceptors (Lipinski definition) is 3. The number of hydrogen-bond donors (Lipinski definition) is 1. The number of aromatic nitrogens is 1. The van der Waals surface area contributed by atoms with Crippen LogP contribution in [0.25, 0.3) is 0 Å². The molecule has 1 heterocycles. The first-order valence-corrected chi connectivity index (χ1v) is 5.49. The molecule has 4 nitrogen and oxygen atoms in total. The van der Waals surface area contributed by atoms with Crippen molar-refractivity contribution >= 4 is 11.9 Å². The van der Waals surface area contributed by atoms with Gasteiger partial charge in [0.15, 0.2) is 6.17 Å². The van der Waals surface area contributed by atoms with Crippen LogP contribution in [0.3, 0.4) is 0 Å². The van der Waals surface area contributed by atoms with Crippen molar-refractivity contribution in [3.63, 3.8) is 0 Å². The summed E-state index contributed by atoms with van der Waals surface area (Å²) in [5, 5.41) is 2.36. The second-order valence-electron chi connectivity index (χ2n) is 4.70. The highest BCUT2D eigenvalue weighted by Gasteiger charge is 2.17. The SMILES string of the molecule is CC(C)(C)OC(=O)Nc1cccc(C(F)CF)n1. The van der Waals surface area contributed by atoms with Gasteiger partial charge in [0.05, 0.1) is 5.69 Å². The molecule has 1 N–H and O–H groups in total. The summed E-state index contributed by atoms with van der Waals surface area (Å²) >= 11 is 0. The van der Waals surface area contributed by atoms with Crippen LogP contribution < -0.4 is 5.32 Å². The van der Waals surface area contributed by atoms with Crippen LogP contribution in [0.2, 0.25) is 0 Å². The van der Waals surface area contributed by atoms with E-state index >= 15 is 0 Å². The van der Waals surface area contributed by atoms with E-state index in [-0.39, 0.29) is 11.5 Å². The predicted octanol–water partition coefficient (Wildman–Crippen LogP) is 3.41. The van der Waals surface area contributed by atoms with Gasteiger partial charge in [0.25, 0.3) is 0 Å². The highest BCUT2D eigenvalue weighted by atomic mass is 19.2. The molecule has 1 atom stereocenters. The zero-order valence-corrected chi connectivity index (χ0v) is 10.5. The predicted molar refractivity (Wildman–Crippen MR) is 63.9 cm³/mol. The minimum absolute atomic E-state index is 0.0638. The van der Waals surface area contributed by atoms with Crippen molar-refractivity contribution in [1.29, 1.82) is 0 Å². The maximum absolute atomic E-state index is 13.1. The Hall–Kier alpha value is -1.72. The number of anilines is 1. The number of rotatable bonds is 3. The van der Waals surface area contributed by atoms with E-state index in [2.05, 4.69) is 10.3 Å². The van der Waals surface area contributed by atoms with E-state index in [1.54, 1.807) is 20.8 Å². The van der Waals surface area contributed by atoms with Gasteiger partial charge in [-0.15, -0.1) is 0 Å². The second-order valence-corrected chi connectivity index (χ2v) is 4.70. The van der Waals surface area contributed by atoms with Crippen LogP contribution in [-0.2, 0) is 4.74 Å². The third kappa shape index (κ3) is 4.65. The fraction of sp³-hybridized carbons (Fsp3) is 0.500. The molecule has 1 unspecified atom stereocenters. The molecule has 0 saturated carbocycles. The monoisotopic (exact) mass is 258 g/mol. The summed E-state index contributed by atoms with van der Waals surface area (Å²) in [6, 6.07) is 4.31. The molecule has 0 bridgehead atoms. The lowest BCUT2D eigenvalue weighted by atomic mass is 10.2. The van der Waals surface area contributed by atoms with Crippen LogP contribution in [0.4, 0.5) is 19.4 Å². The number of alkyl halides is 2. The summed E-state index contributed by atoms with van der Waals surface area (Å²) in [6.45, 7) is 4.01. The first-order chi connectivity index (χ1) is 8.31.